The van der Waals surface area contributed by atoms with Crippen LogP contribution in [0.2, 0.25) is 0 Å². The van der Waals surface area contributed by atoms with Crippen molar-refractivity contribution < 1.29 is 14.4 Å². The molecule has 0 saturated heterocycles. The zero-order valence-electron chi connectivity index (χ0n) is 12.4. The Kier molecular flexibility index (Phi) is 5.34. The number of aryl methyl sites for hydroxylation is 1. The number of phenolic OH excluding ortho intramolecular Hbond substituents is 2. The van der Waals surface area contributed by atoms with Crippen molar-refractivity contribution in [1.29, 1.82) is 5.26 Å². The van der Waals surface area contributed by atoms with E-state index in [1.54, 1.807) is 30.4 Å². The minimum absolute atomic E-state index is 0.133. The van der Waals surface area contributed by atoms with Gasteiger partial charge in [-0.05, 0) is 42.8 Å². The van der Waals surface area contributed by atoms with E-state index < -0.39 is 10.8 Å². The van der Waals surface area contributed by atoms with Crippen LogP contribution in [0.15, 0.2) is 64.4 Å². The summed E-state index contributed by atoms with van der Waals surface area (Å²) in [6, 6.07) is 13.5. The quantitative estimate of drug-likeness (QED) is 0.511. The van der Waals surface area contributed by atoms with E-state index in [1.807, 2.05) is 25.1 Å². The standard InChI is InChI=1S/C18H15NO3S/c1-13-5-8-15(9-6-13)23(22)16(12-19)4-2-3-14-7-10-17(20)18(21)11-14/h2-11,20-21H,1H3/b3-2+,16-4+. The summed E-state index contributed by atoms with van der Waals surface area (Å²) in [5.41, 5.74) is 1.70. The molecule has 0 radical (unpaired) electrons. The topological polar surface area (TPSA) is 81.3 Å². The molecule has 0 saturated carbocycles. The van der Waals surface area contributed by atoms with Gasteiger partial charge in [0.05, 0.1) is 10.8 Å². The molecule has 0 aliphatic carbocycles. The van der Waals surface area contributed by atoms with Crippen molar-refractivity contribution in [2.45, 2.75) is 11.8 Å². The van der Waals surface area contributed by atoms with Crippen LogP contribution >= 0.6 is 0 Å². The molecular formula is C18H15NO3S. The molecule has 23 heavy (non-hydrogen) atoms. The number of hydrogen-bond donors (Lipinski definition) is 2. The Labute approximate surface area is 137 Å². The summed E-state index contributed by atoms with van der Waals surface area (Å²) >= 11 is 0. The van der Waals surface area contributed by atoms with E-state index >= 15 is 0 Å². The van der Waals surface area contributed by atoms with Crippen LogP contribution < -0.4 is 0 Å². The zero-order chi connectivity index (χ0) is 16.8. The Morgan fingerprint density at radius 3 is 2.43 bits per heavy atom. The fourth-order valence-corrected chi connectivity index (χ4v) is 2.74. The van der Waals surface area contributed by atoms with Crippen molar-refractivity contribution in [3.63, 3.8) is 0 Å². The van der Waals surface area contributed by atoms with Gasteiger partial charge in [-0.15, -0.1) is 0 Å². The summed E-state index contributed by atoms with van der Waals surface area (Å²) in [5.74, 6) is -0.421. The van der Waals surface area contributed by atoms with Gasteiger partial charge >= 0.3 is 0 Å². The van der Waals surface area contributed by atoms with Crippen molar-refractivity contribution in [2.75, 3.05) is 0 Å². The van der Waals surface area contributed by atoms with Crippen molar-refractivity contribution in [3.05, 3.63) is 70.6 Å². The minimum atomic E-state index is -1.54. The molecule has 0 aliphatic rings. The van der Waals surface area contributed by atoms with Gasteiger partial charge in [0, 0.05) is 4.90 Å². The van der Waals surface area contributed by atoms with E-state index in [9.17, 15) is 19.7 Å². The lowest BCUT2D eigenvalue weighted by atomic mass is 10.2. The molecule has 5 heteroatoms. The number of hydrogen-bond acceptors (Lipinski definition) is 4. The van der Waals surface area contributed by atoms with Gasteiger partial charge in [-0.1, -0.05) is 35.9 Å². The molecular weight excluding hydrogens is 310 g/mol. The van der Waals surface area contributed by atoms with Gasteiger partial charge in [-0.25, -0.2) is 4.21 Å². The first-order chi connectivity index (χ1) is 11.0. The molecule has 0 fully saturated rings. The third-order valence-electron chi connectivity index (χ3n) is 3.08. The molecule has 2 aromatic carbocycles. The molecule has 1 unspecified atom stereocenters. The Morgan fingerprint density at radius 1 is 1.13 bits per heavy atom. The first kappa shape index (κ1) is 16.5. The summed E-state index contributed by atoms with van der Waals surface area (Å²) in [6.45, 7) is 1.93. The van der Waals surface area contributed by atoms with Crippen molar-refractivity contribution in [2.24, 2.45) is 0 Å². The van der Waals surface area contributed by atoms with Crippen LogP contribution in [0.3, 0.4) is 0 Å². The maximum Gasteiger partial charge on any atom is 0.157 e. The highest BCUT2D eigenvalue weighted by Gasteiger charge is 2.08. The van der Waals surface area contributed by atoms with Crippen LogP contribution in [0.25, 0.3) is 6.08 Å². The maximum absolute atomic E-state index is 12.3. The highest BCUT2D eigenvalue weighted by Crippen LogP contribution is 2.25. The highest BCUT2D eigenvalue weighted by molar-refractivity contribution is 7.89. The van der Waals surface area contributed by atoms with E-state index in [0.29, 0.717) is 10.5 Å². The Hall–Kier alpha value is -2.84. The summed E-state index contributed by atoms with van der Waals surface area (Å²) < 4.78 is 12.3. The van der Waals surface area contributed by atoms with Gasteiger partial charge in [0.15, 0.2) is 11.5 Å². The molecule has 2 aromatic rings. The zero-order valence-corrected chi connectivity index (χ0v) is 13.2. The largest absolute Gasteiger partial charge is 0.504 e. The lowest BCUT2D eigenvalue weighted by Gasteiger charge is -2.00. The van der Waals surface area contributed by atoms with Crippen molar-refractivity contribution in [1.82, 2.24) is 0 Å². The minimum Gasteiger partial charge on any atom is -0.504 e. The Bertz CT molecular complexity index is 830. The van der Waals surface area contributed by atoms with Gasteiger partial charge in [0.1, 0.15) is 11.0 Å². The summed E-state index contributed by atoms with van der Waals surface area (Å²) in [4.78, 5) is 0.701. The SMILES string of the molecule is Cc1ccc(S(=O)/C(C#N)=C/C=C/c2ccc(O)c(O)c2)cc1. The van der Waals surface area contributed by atoms with E-state index in [0.717, 1.165) is 5.56 Å². The van der Waals surface area contributed by atoms with Gasteiger partial charge in [0.25, 0.3) is 0 Å². The summed E-state index contributed by atoms with van der Waals surface area (Å²) in [7, 11) is -1.54. The monoisotopic (exact) mass is 325 g/mol. The molecule has 0 spiro atoms. The van der Waals surface area contributed by atoms with Gasteiger partial charge in [0.2, 0.25) is 0 Å². The van der Waals surface area contributed by atoms with Crippen LogP contribution in [-0.4, -0.2) is 14.4 Å². The molecule has 2 N–H and O–H groups in total. The first-order valence-corrected chi connectivity index (χ1v) is 7.95. The third kappa shape index (κ3) is 4.31. The van der Waals surface area contributed by atoms with E-state index in [1.165, 1.54) is 18.2 Å². The average Bonchev–Trinajstić information content (AvgIpc) is 2.55. The van der Waals surface area contributed by atoms with Crippen LogP contribution in [0.1, 0.15) is 11.1 Å². The summed E-state index contributed by atoms with van der Waals surface area (Å²) in [6.07, 6.45) is 4.69. The number of allylic oxidation sites excluding steroid dienone is 3. The Balaban J connectivity index is 2.19. The number of nitrogens with zero attached hydrogens (tertiary/aromatic N) is 1. The fourth-order valence-electron chi connectivity index (χ4n) is 1.82. The molecule has 0 heterocycles. The molecule has 0 bridgehead atoms. The van der Waals surface area contributed by atoms with Crippen LogP contribution in [-0.2, 0) is 10.8 Å². The molecule has 2 rings (SSSR count). The second kappa shape index (κ2) is 7.43. The number of rotatable bonds is 4. The third-order valence-corrected chi connectivity index (χ3v) is 4.41. The predicted octanol–water partition coefficient (Wildman–Crippen LogP) is 3.63. The van der Waals surface area contributed by atoms with Crippen LogP contribution in [0, 0.1) is 18.3 Å². The lowest BCUT2D eigenvalue weighted by Crippen LogP contribution is -1.94. The van der Waals surface area contributed by atoms with Gasteiger partial charge in [-0.2, -0.15) is 5.26 Å². The van der Waals surface area contributed by atoms with E-state index in [-0.39, 0.29) is 16.4 Å². The van der Waals surface area contributed by atoms with Gasteiger partial charge in [-0.3, -0.25) is 0 Å². The number of phenols is 2. The second-order valence-electron chi connectivity index (χ2n) is 4.83. The second-order valence-corrected chi connectivity index (χ2v) is 6.28. The maximum atomic E-state index is 12.3. The smallest absolute Gasteiger partial charge is 0.157 e. The molecule has 116 valence electrons. The normalized spacial score (nSPS) is 13.0. The van der Waals surface area contributed by atoms with Crippen LogP contribution in [0.5, 0.6) is 11.5 Å². The molecule has 0 aliphatic heterocycles. The van der Waals surface area contributed by atoms with Crippen molar-refractivity contribution in [3.8, 4) is 17.6 Å². The van der Waals surface area contributed by atoms with E-state index in [2.05, 4.69) is 0 Å². The van der Waals surface area contributed by atoms with E-state index in [4.69, 9.17) is 0 Å². The van der Waals surface area contributed by atoms with Gasteiger partial charge < -0.3 is 10.2 Å². The summed E-state index contributed by atoms with van der Waals surface area (Å²) in [5, 5.41) is 27.8. The molecule has 0 aromatic heterocycles. The number of nitriles is 1. The highest BCUT2D eigenvalue weighted by atomic mass is 32.2. The van der Waals surface area contributed by atoms with Crippen LogP contribution in [0.4, 0.5) is 0 Å². The Morgan fingerprint density at radius 2 is 1.83 bits per heavy atom. The lowest BCUT2D eigenvalue weighted by molar-refractivity contribution is 0.403. The first-order valence-electron chi connectivity index (χ1n) is 6.80. The molecule has 4 nitrogen and oxygen atoms in total. The van der Waals surface area contributed by atoms with Crippen molar-refractivity contribution >= 4 is 16.9 Å². The molecule has 0 amide bonds. The number of aromatic hydroxyl groups is 2. The predicted molar refractivity (Wildman–Crippen MR) is 90.1 cm³/mol. The fraction of sp³-hybridized carbons (Fsp3) is 0.0556. The molecule has 1 atom stereocenters. The number of benzene rings is 2. The average molecular weight is 325 g/mol.